The van der Waals surface area contributed by atoms with Crippen molar-refractivity contribution in [2.75, 3.05) is 7.11 Å². The lowest BCUT2D eigenvalue weighted by atomic mass is 10.2. The number of aromatic nitrogens is 2. The fourth-order valence-corrected chi connectivity index (χ4v) is 2.01. The van der Waals surface area contributed by atoms with Crippen molar-refractivity contribution in [2.45, 2.75) is 26.9 Å². The van der Waals surface area contributed by atoms with E-state index in [1.165, 1.54) is 0 Å². The topological polar surface area (TPSA) is 56.1 Å². The van der Waals surface area contributed by atoms with Gasteiger partial charge in [0, 0.05) is 12.2 Å². The number of aryl methyl sites for hydroxylation is 2. The zero-order valence-corrected chi connectivity index (χ0v) is 12.0. The Hall–Kier alpha value is -2.30. The third-order valence-electron chi connectivity index (χ3n) is 3.02. The molecule has 1 amide bonds. The van der Waals surface area contributed by atoms with Crippen LogP contribution < -0.4 is 10.1 Å². The molecule has 5 nitrogen and oxygen atoms in total. The van der Waals surface area contributed by atoms with Crippen molar-refractivity contribution in [1.82, 2.24) is 15.1 Å². The lowest BCUT2D eigenvalue weighted by Crippen LogP contribution is -2.27. The average Bonchev–Trinajstić information content (AvgIpc) is 2.75. The van der Waals surface area contributed by atoms with E-state index in [0.29, 0.717) is 6.54 Å². The highest BCUT2D eigenvalue weighted by Crippen LogP contribution is 2.12. The van der Waals surface area contributed by atoms with E-state index in [-0.39, 0.29) is 12.5 Å². The first-order chi connectivity index (χ1) is 9.58. The van der Waals surface area contributed by atoms with Crippen LogP contribution in [0.2, 0.25) is 0 Å². The molecule has 0 aliphatic rings. The first-order valence-corrected chi connectivity index (χ1v) is 6.49. The van der Waals surface area contributed by atoms with Crippen LogP contribution in [-0.2, 0) is 17.9 Å². The van der Waals surface area contributed by atoms with Crippen molar-refractivity contribution in [3.8, 4) is 5.75 Å². The van der Waals surface area contributed by atoms with Gasteiger partial charge in [0.25, 0.3) is 0 Å². The van der Waals surface area contributed by atoms with Gasteiger partial charge in [-0.25, -0.2) is 0 Å². The summed E-state index contributed by atoms with van der Waals surface area (Å²) in [5.74, 6) is 0.731. The Balaban J connectivity index is 1.90. The summed E-state index contributed by atoms with van der Waals surface area (Å²) in [6.45, 7) is 4.58. The number of carbonyl (C=O) groups is 1. The predicted octanol–water partition coefficient (Wildman–Crippen LogP) is 1.82. The van der Waals surface area contributed by atoms with E-state index in [0.717, 1.165) is 22.7 Å². The van der Waals surface area contributed by atoms with Crippen molar-refractivity contribution in [3.05, 3.63) is 47.3 Å². The molecular formula is C15H19N3O2. The first kappa shape index (κ1) is 14.1. The van der Waals surface area contributed by atoms with Gasteiger partial charge in [0.15, 0.2) is 0 Å². The molecule has 0 unspecified atom stereocenters. The molecule has 0 fully saturated rings. The van der Waals surface area contributed by atoms with Gasteiger partial charge >= 0.3 is 0 Å². The van der Waals surface area contributed by atoms with Crippen molar-refractivity contribution in [3.63, 3.8) is 0 Å². The van der Waals surface area contributed by atoms with Gasteiger partial charge in [-0.15, -0.1) is 0 Å². The second-order valence-electron chi connectivity index (χ2n) is 4.71. The number of benzene rings is 1. The molecule has 20 heavy (non-hydrogen) atoms. The molecule has 0 atom stereocenters. The van der Waals surface area contributed by atoms with Gasteiger partial charge < -0.3 is 10.1 Å². The maximum absolute atomic E-state index is 11.9. The number of hydrogen-bond acceptors (Lipinski definition) is 3. The van der Waals surface area contributed by atoms with E-state index >= 15 is 0 Å². The monoisotopic (exact) mass is 273 g/mol. The van der Waals surface area contributed by atoms with Crippen LogP contribution in [0.4, 0.5) is 0 Å². The van der Waals surface area contributed by atoms with Crippen LogP contribution in [0, 0.1) is 13.8 Å². The lowest BCUT2D eigenvalue weighted by Gasteiger charge is -2.08. The SMILES string of the molecule is COc1cccc(CNC(=O)Cn2nc(C)cc2C)c1. The Morgan fingerprint density at radius 2 is 2.15 bits per heavy atom. The summed E-state index contributed by atoms with van der Waals surface area (Å²) in [6, 6.07) is 9.59. The van der Waals surface area contributed by atoms with E-state index in [1.807, 2.05) is 44.2 Å². The minimum Gasteiger partial charge on any atom is -0.497 e. The molecule has 0 aliphatic heterocycles. The van der Waals surface area contributed by atoms with E-state index in [1.54, 1.807) is 11.8 Å². The molecule has 0 radical (unpaired) electrons. The molecular weight excluding hydrogens is 254 g/mol. The lowest BCUT2D eigenvalue weighted by molar-refractivity contribution is -0.122. The molecule has 0 bridgehead atoms. The number of hydrogen-bond donors (Lipinski definition) is 1. The number of methoxy groups -OCH3 is 1. The van der Waals surface area contributed by atoms with Crippen LogP contribution in [0.15, 0.2) is 30.3 Å². The highest BCUT2D eigenvalue weighted by molar-refractivity contribution is 5.75. The first-order valence-electron chi connectivity index (χ1n) is 6.49. The molecule has 106 valence electrons. The number of amides is 1. The van der Waals surface area contributed by atoms with Crippen LogP contribution in [0.1, 0.15) is 17.0 Å². The Bertz CT molecular complexity index is 605. The zero-order chi connectivity index (χ0) is 14.5. The molecule has 1 heterocycles. The molecule has 2 rings (SSSR count). The Morgan fingerprint density at radius 1 is 1.35 bits per heavy atom. The predicted molar refractivity (Wildman–Crippen MR) is 76.5 cm³/mol. The maximum Gasteiger partial charge on any atom is 0.242 e. The second kappa shape index (κ2) is 6.23. The Labute approximate surface area is 118 Å². The van der Waals surface area contributed by atoms with E-state index in [4.69, 9.17) is 4.74 Å². The summed E-state index contributed by atoms with van der Waals surface area (Å²) in [6.07, 6.45) is 0. The quantitative estimate of drug-likeness (QED) is 0.904. The van der Waals surface area contributed by atoms with Crippen molar-refractivity contribution < 1.29 is 9.53 Å². The average molecular weight is 273 g/mol. The van der Waals surface area contributed by atoms with Crippen molar-refractivity contribution >= 4 is 5.91 Å². The molecule has 0 saturated carbocycles. The fraction of sp³-hybridized carbons (Fsp3) is 0.333. The van der Waals surface area contributed by atoms with Gasteiger partial charge in [-0.3, -0.25) is 9.48 Å². The minimum absolute atomic E-state index is 0.0565. The third kappa shape index (κ3) is 3.60. The van der Waals surface area contributed by atoms with E-state index < -0.39 is 0 Å². The third-order valence-corrected chi connectivity index (χ3v) is 3.02. The number of nitrogens with one attached hydrogen (secondary N) is 1. The van der Waals surface area contributed by atoms with Gasteiger partial charge in [0.2, 0.25) is 5.91 Å². The summed E-state index contributed by atoms with van der Waals surface area (Å²) in [7, 11) is 1.63. The summed E-state index contributed by atoms with van der Waals surface area (Å²) >= 11 is 0. The molecule has 1 aromatic carbocycles. The largest absolute Gasteiger partial charge is 0.497 e. The molecule has 1 N–H and O–H groups in total. The number of carbonyl (C=O) groups excluding carboxylic acids is 1. The van der Waals surface area contributed by atoms with Crippen molar-refractivity contribution in [2.24, 2.45) is 0 Å². The molecule has 2 aromatic rings. The molecule has 0 aliphatic carbocycles. The van der Waals surface area contributed by atoms with Crippen LogP contribution in [0.25, 0.3) is 0 Å². The number of ether oxygens (including phenoxy) is 1. The van der Waals surface area contributed by atoms with E-state index in [2.05, 4.69) is 10.4 Å². The van der Waals surface area contributed by atoms with Gasteiger partial charge in [-0.05, 0) is 37.6 Å². The van der Waals surface area contributed by atoms with Gasteiger partial charge in [-0.1, -0.05) is 12.1 Å². The fourth-order valence-electron chi connectivity index (χ4n) is 2.01. The molecule has 0 spiro atoms. The van der Waals surface area contributed by atoms with Crippen LogP contribution in [-0.4, -0.2) is 22.8 Å². The summed E-state index contributed by atoms with van der Waals surface area (Å²) in [5, 5.41) is 7.15. The normalized spacial score (nSPS) is 10.3. The van der Waals surface area contributed by atoms with Gasteiger partial charge in [0.05, 0.1) is 12.8 Å². The molecule has 1 aromatic heterocycles. The van der Waals surface area contributed by atoms with Crippen LogP contribution >= 0.6 is 0 Å². The van der Waals surface area contributed by atoms with E-state index in [9.17, 15) is 4.79 Å². The number of rotatable bonds is 5. The highest BCUT2D eigenvalue weighted by Gasteiger charge is 2.07. The van der Waals surface area contributed by atoms with Crippen LogP contribution in [0.5, 0.6) is 5.75 Å². The second-order valence-corrected chi connectivity index (χ2v) is 4.71. The summed E-state index contributed by atoms with van der Waals surface area (Å²) in [5.41, 5.74) is 2.91. The Kier molecular flexibility index (Phi) is 4.40. The smallest absolute Gasteiger partial charge is 0.242 e. The summed E-state index contributed by atoms with van der Waals surface area (Å²) < 4.78 is 6.85. The molecule has 0 saturated heterocycles. The standard InChI is InChI=1S/C15H19N3O2/c1-11-7-12(2)18(17-11)10-15(19)16-9-13-5-4-6-14(8-13)20-3/h4-8H,9-10H2,1-3H3,(H,16,19). The van der Waals surface area contributed by atoms with Gasteiger partial charge in [-0.2, -0.15) is 5.10 Å². The maximum atomic E-state index is 11.9. The molecule has 5 heteroatoms. The summed E-state index contributed by atoms with van der Waals surface area (Å²) in [4.78, 5) is 11.9. The number of nitrogens with zero attached hydrogens (tertiary/aromatic N) is 2. The minimum atomic E-state index is -0.0565. The van der Waals surface area contributed by atoms with Crippen LogP contribution in [0.3, 0.4) is 0 Å². The zero-order valence-electron chi connectivity index (χ0n) is 12.0. The van der Waals surface area contributed by atoms with Crippen molar-refractivity contribution in [1.29, 1.82) is 0 Å². The Morgan fingerprint density at radius 3 is 2.80 bits per heavy atom. The highest BCUT2D eigenvalue weighted by atomic mass is 16.5. The van der Waals surface area contributed by atoms with Gasteiger partial charge in [0.1, 0.15) is 12.3 Å².